The highest BCUT2D eigenvalue weighted by Gasteiger charge is 2.21. The molecule has 1 atom stereocenters. The zero-order chi connectivity index (χ0) is 15.4. The molecule has 1 aliphatic carbocycles. The summed E-state index contributed by atoms with van der Waals surface area (Å²) in [4.78, 5) is 12.2. The van der Waals surface area contributed by atoms with Crippen LogP contribution in [0.2, 0.25) is 0 Å². The van der Waals surface area contributed by atoms with Crippen molar-refractivity contribution in [1.82, 2.24) is 5.32 Å². The Balaban J connectivity index is 0.00000192. The molecule has 3 N–H and O–H groups in total. The molecule has 0 saturated heterocycles. The minimum atomic E-state index is 0. The smallest absolute Gasteiger partial charge is 0.220 e. The van der Waals surface area contributed by atoms with E-state index in [1.54, 1.807) is 0 Å². The van der Waals surface area contributed by atoms with Crippen molar-refractivity contribution >= 4 is 24.0 Å². The van der Waals surface area contributed by atoms with Crippen molar-refractivity contribution in [2.24, 2.45) is 0 Å². The molecular formula is C19H23ClN2O. The SMILES string of the molecule is Cl.Nc1ccc2c(c1)CCCC2NC(=O)CCc1ccccc1. The van der Waals surface area contributed by atoms with Crippen LogP contribution in [-0.2, 0) is 17.6 Å². The Morgan fingerprint density at radius 3 is 2.74 bits per heavy atom. The lowest BCUT2D eigenvalue weighted by atomic mass is 9.87. The summed E-state index contributed by atoms with van der Waals surface area (Å²) in [5.41, 5.74) is 10.4. The molecule has 0 radical (unpaired) electrons. The molecule has 0 bridgehead atoms. The van der Waals surface area contributed by atoms with Crippen LogP contribution in [0.4, 0.5) is 5.69 Å². The lowest BCUT2D eigenvalue weighted by Crippen LogP contribution is -2.31. The van der Waals surface area contributed by atoms with Crippen LogP contribution in [0, 0.1) is 0 Å². The molecule has 2 aromatic rings. The molecule has 0 aromatic heterocycles. The fourth-order valence-electron chi connectivity index (χ4n) is 3.15. The first-order chi connectivity index (χ1) is 10.7. The van der Waals surface area contributed by atoms with E-state index in [2.05, 4.69) is 23.5 Å². The van der Waals surface area contributed by atoms with Crippen LogP contribution in [0.15, 0.2) is 48.5 Å². The normalized spacial score (nSPS) is 16.1. The van der Waals surface area contributed by atoms with E-state index in [0.29, 0.717) is 6.42 Å². The molecule has 2 aromatic carbocycles. The molecule has 1 aliphatic rings. The number of halogens is 1. The molecule has 122 valence electrons. The summed E-state index contributed by atoms with van der Waals surface area (Å²) in [6.07, 6.45) is 4.48. The Hall–Kier alpha value is -2.00. The Morgan fingerprint density at radius 1 is 1.17 bits per heavy atom. The van der Waals surface area contributed by atoms with Crippen molar-refractivity contribution in [1.29, 1.82) is 0 Å². The van der Waals surface area contributed by atoms with Gasteiger partial charge in [-0.2, -0.15) is 0 Å². The average molecular weight is 331 g/mol. The van der Waals surface area contributed by atoms with Crippen molar-refractivity contribution in [2.45, 2.75) is 38.1 Å². The van der Waals surface area contributed by atoms with Gasteiger partial charge in [0.05, 0.1) is 6.04 Å². The maximum absolute atomic E-state index is 12.2. The Bertz CT molecular complexity index is 658. The van der Waals surface area contributed by atoms with Crippen molar-refractivity contribution < 1.29 is 4.79 Å². The molecule has 0 fully saturated rings. The number of rotatable bonds is 4. The third-order valence-electron chi connectivity index (χ3n) is 4.30. The number of aryl methyl sites for hydroxylation is 2. The number of nitrogens with two attached hydrogens (primary N) is 1. The maximum atomic E-state index is 12.2. The molecule has 0 saturated carbocycles. The number of amides is 1. The third-order valence-corrected chi connectivity index (χ3v) is 4.30. The van der Waals surface area contributed by atoms with Gasteiger partial charge >= 0.3 is 0 Å². The summed E-state index contributed by atoms with van der Waals surface area (Å²) >= 11 is 0. The number of carbonyl (C=O) groups is 1. The van der Waals surface area contributed by atoms with E-state index in [1.807, 2.05) is 30.3 Å². The number of hydrogen-bond donors (Lipinski definition) is 2. The molecule has 1 unspecified atom stereocenters. The minimum Gasteiger partial charge on any atom is -0.399 e. The average Bonchev–Trinajstić information content (AvgIpc) is 2.54. The number of fused-ring (bicyclic) bond motifs is 1. The quantitative estimate of drug-likeness (QED) is 0.837. The largest absolute Gasteiger partial charge is 0.399 e. The predicted octanol–water partition coefficient (Wildman–Crippen LogP) is 3.82. The lowest BCUT2D eigenvalue weighted by Gasteiger charge is -2.26. The van der Waals surface area contributed by atoms with Gasteiger partial charge in [0.15, 0.2) is 0 Å². The Kier molecular flexibility index (Phi) is 6.05. The van der Waals surface area contributed by atoms with Gasteiger partial charge < -0.3 is 11.1 Å². The molecule has 0 aliphatic heterocycles. The van der Waals surface area contributed by atoms with Crippen molar-refractivity contribution in [2.75, 3.05) is 5.73 Å². The van der Waals surface area contributed by atoms with Gasteiger partial charge in [-0.15, -0.1) is 12.4 Å². The molecule has 1 amide bonds. The zero-order valence-electron chi connectivity index (χ0n) is 13.1. The first-order valence-electron chi connectivity index (χ1n) is 7.94. The summed E-state index contributed by atoms with van der Waals surface area (Å²) in [7, 11) is 0. The van der Waals surface area contributed by atoms with E-state index in [0.717, 1.165) is 31.4 Å². The van der Waals surface area contributed by atoms with Gasteiger partial charge in [0.25, 0.3) is 0 Å². The molecule has 0 spiro atoms. The number of benzene rings is 2. The lowest BCUT2D eigenvalue weighted by molar-refractivity contribution is -0.121. The first-order valence-corrected chi connectivity index (χ1v) is 7.94. The summed E-state index contributed by atoms with van der Waals surface area (Å²) in [6.45, 7) is 0. The topological polar surface area (TPSA) is 55.1 Å². The molecule has 3 rings (SSSR count). The molecule has 23 heavy (non-hydrogen) atoms. The number of nitrogens with one attached hydrogen (secondary N) is 1. The summed E-state index contributed by atoms with van der Waals surface area (Å²) in [5, 5.41) is 3.19. The second-order valence-corrected chi connectivity index (χ2v) is 5.96. The van der Waals surface area contributed by atoms with E-state index in [4.69, 9.17) is 5.73 Å². The highest BCUT2D eigenvalue weighted by Crippen LogP contribution is 2.31. The van der Waals surface area contributed by atoms with Crippen LogP contribution in [0.5, 0.6) is 0 Å². The monoisotopic (exact) mass is 330 g/mol. The van der Waals surface area contributed by atoms with Gasteiger partial charge in [-0.3, -0.25) is 4.79 Å². The maximum Gasteiger partial charge on any atom is 0.220 e. The van der Waals surface area contributed by atoms with Crippen LogP contribution >= 0.6 is 12.4 Å². The van der Waals surface area contributed by atoms with Crippen LogP contribution in [0.1, 0.15) is 42.0 Å². The van der Waals surface area contributed by atoms with E-state index < -0.39 is 0 Å². The van der Waals surface area contributed by atoms with Gasteiger partial charge in [0.2, 0.25) is 5.91 Å². The highest BCUT2D eigenvalue weighted by molar-refractivity contribution is 5.85. The predicted molar refractivity (Wildman–Crippen MR) is 96.7 cm³/mol. The van der Waals surface area contributed by atoms with Crippen LogP contribution in [-0.4, -0.2) is 5.91 Å². The fraction of sp³-hybridized carbons (Fsp3) is 0.316. The number of nitrogen functional groups attached to an aromatic ring is 1. The van der Waals surface area contributed by atoms with E-state index in [1.165, 1.54) is 16.7 Å². The second-order valence-electron chi connectivity index (χ2n) is 5.96. The molecule has 0 heterocycles. The summed E-state index contributed by atoms with van der Waals surface area (Å²) in [6, 6.07) is 16.3. The fourth-order valence-corrected chi connectivity index (χ4v) is 3.15. The van der Waals surface area contributed by atoms with Gasteiger partial charge in [-0.05, 0) is 54.5 Å². The van der Waals surface area contributed by atoms with E-state index in [-0.39, 0.29) is 24.4 Å². The summed E-state index contributed by atoms with van der Waals surface area (Å²) < 4.78 is 0. The van der Waals surface area contributed by atoms with Gasteiger partial charge in [-0.25, -0.2) is 0 Å². The minimum absolute atomic E-state index is 0. The Labute approximate surface area is 143 Å². The highest BCUT2D eigenvalue weighted by atomic mass is 35.5. The number of anilines is 1. The van der Waals surface area contributed by atoms with Crippen molar-refractivity contribution in [3.8, 4) is 0 Å². The van der Waals surface area contributed by atoms with E-state index >= 15 is 0 Å². The van der Waals surface area contributed by atoms with Crippen LogP contribution in [0.3, 0.4) is 0 Å². The third kappa shape index (κ3) is 4.49. The van der Waals surface area contributed by atoms with Gasteiger partial charge in [-0.1, -0.05) is 36.4 Å². The standard InChI is InChI=1S/C19H22N2O.ClH/c20-16-10-11-17-15(13-16)7-4-8-18(17)21-19(22)12-9-14-5-2-1-3-6-14;/h1-3,5-6,10-11,13,18H,4,7-9,12,20H2,(H,21,22);1H. The number of hydrogen-bond acceptors (Lipinski definition) is 2. The zero-order valence-corrected chi connectivity index (χ0v) is 13.9. The molecular weight excluding hydrogens is 308 g/mol. The summed E-state index contributed by atoms with van der Waals surface area (Å²) in [5.74, 6) is 0.124. The van der Waals surface area contributed by atoms with E-state index in [9.17, 15) is 4.79 Å². The van der Waals surface area contributed by atoms with Crippen molar-refractivity contribution in [3.05, 3.63) is 65.2 Å². The molecule has 3 nitrogen and oxygen atoms in total. The first kappa shape index (κ1) is 17.4. The van der Waals surface area contributed by atoms with Crippen LogP contribution < -0.4 is 11.1 Å². The Morgan fingerprint density at radius 2 is 1.96 bits per heavy atom. The molecule has 4 heteroatoms. The van der Waals surface area contributed by atoms with Gasteiger partial charge in [0.1, 0.15) is 0 Å². The number of carbonyl (C=O) groups excluding carboxylic acids is 1. The van der Waals surface area contributed by atoms with Crippen LogP contribution in [0.25, 0.3) is 0 Å². The second kappa shape index (κ2) is 8.02. The van der Waals surface area contributed by atoms with Crippen molar-refractivity contribution in [3.63, 3.8) is 0 Å². The van der Waals surface area contributed by atoms with Gasteiger partial charge in [0, 0.05) is 12.1 Å².